The summed E-state index contributed by atoms with van der Waals surface area (Å²) in [6.07, 6.45) is 0. The van der Waals surface area contributed by atoms with Crippen molar-refractivity contribution in [1.82, 2.24) is 0 Å². The van der Waals surface area contributed by atoms with Crippen LogP contribution in [0.15, 0.2) is 0 Å². The van der Waals surface area contributed by atoms with Crippen molar-refractivity contribution in [3.63, 3.8) is 0 Å². The van der Waals surface area contributed by atoms with Crippen molar-refractivity contribution in [2.45, 2.75) is 0 Å². The van der Waals surface area contributed by atoms with Gasteiger partial charge < -0.3 is 14.7 Å². The van der Waals surface area contributed by atoms with Gasteiger partial charge in [0.05, 0.1) is 8.41 Å². The first-order chi connectivity index (χ1) is 2.00. The zero-order valence-electron chi connectivity index (χ0n) is 2.20. The molecule has 0 aliphatic carbocycles. The molecule has 7 heteroatoms. The SMILES string of the molecule is B.O=P(O)(O)O.[NaH]. The molecule has 3 N–H and O–H groups in total. The fourth-order valence-electron chi connectivity index (χ4n) is 0. The molecule has 40 valence electrons. The molecule has 0 amide bonds. The summed E-state index contributed by atoms with van der Waals surface area (Å²) in [4.78, 5) is 21.6. The Balaban J connectivity index is -0.0000000800. The van der Waals surface area contributed by atoms with Crippen molar-refractivity contribution in [2.24, 2.45) is 0 Å². The maximum atomic E-state index is 8.88. The Morgan fingerprint density at radius 1 is 1.14 bits per heavy atom. The molecule has 0 radical (unpaired) electrons. The first kappa shape index (κ1) is 15.7. The van der Waals surface area contributed by atoms with Crippen molar-refractivity contribution >= 4 is 45.8 Å². The zero-order valence-corrected chi connectivity index (χ0v) is 3.09. The molecule has 0 unspecified atom stereocenters. The average molecular weight is 136 g/mol. The van der Waals surface area contributed by atoms with Crippen LogP contribution in [0.3, 0.4) is 0 Å². The van der Waals surface area contributed by atoms with Crippen molar-refractivity contribution in [2.75, 3.05) is 0 Å². The molecule has 7 heavy (non-hydrogen) atoms. The van der Waals surface area contributed by atoms with Gasteiger partial charge in [0.15, 0.2) is 0 Å². The van der Waals surface area contributed by atoms with Crippen LogP contribution in [0.1, 0.15) is 0 Å². The predicted molar refractivity (Wildman–Crippen MR) is 31.4 cm³/mol. The molecule has 0 atom stereocenters. The molecule has 0 saturated heterocycles. The summed E-state index contributed by atoms with van der Waals surface area (Å²) in [7, 11) is -4.64. The molecule has 0 aromatic rings. The van der Waals surface area contributed by atoms with Crippen molar-refractivity contribution < 1.29 is 19.2 Å². The molecule has 0 aromatic carbocycles. The Bertz CT molecular complexity index is 57.8. The quantitative estimate of drug-likeness (QED) is 0.249. The van der Waals surface area contributed by atoms with Crippen LogP contribution in [0.4, 0.5) is 0 Å². The van der Waals surface area contributed by atoms with Gasteiger partial charge >= 0.3 is 37.4 Å². The summed E-state index contributed by atoms with van der Waals surface area (Å²) in [6, 6.07) is 0. The van der Waals surface area contributed by atoms with E-state index in [0.717, 1.165) is 0 Å². The van der Waals surface area contributed by atoms with Crippen LogP contribution in [-0.2, 0) is 4.57 Å². The fraction of sp³-hybridized carbons (Fsp3) is 0. The van der Waals surface area contributed by atoms with Crippen molar-refractivity contribution in [3.05, 3.63) is 0 Å². The van der Waals surface area contributed by atoms with E-state index in [1.807, 2.05) is 0 Å². The molecular weight excluding hydrogens is 129 g/mol. The maximum absolute atomic E-state index is 8.88. The third-order valence-corrected chi connectivity index (χ3v) is 0. The number of hydrogen-bond donors (Lipinski definition) is 3. The molecule has 0 rings (SSSR count). The van der Waals surface area contributed by atoms with E-state index in [0.29, 0.717) is 0 Å². The van der Waals surface area contributed by atoms with Gasteiger partial charge in [0, 0.05) is 0 Å². The van der Waals surface area contributed by atoms with Gasteiger partial charge in [0.25, 0.3) is 0 Å². The van der Waals surface area contributed by atoms with Crippen LogP contribution in [-0.4, -0.2) is 52.7 Å². The summed E-state index contributed by atoms with van der Waals surface area (Å²) in [6.45, 7) is 0. The van der Waals surface area contributed by atoms with E-state index in [4.69, 9.17) is 19.2 Å². The first-order valence-electron chi connectivity index (χ1n) is 0.783. The van der Waals surface area contributed by atoms with Gasteiger partial charge in [-0.05, 0) is 0 Å². The van der Waals surface area contributed by atoms with Crippen LogP contribution >= 0.6 is 7.82 Å². The Labute approximate surface area is 65.0 Å². The Morgan fingerprint density at radius 3 is 1.14 bits per heavy atom. The second kappa shape index (κ2) is 5.31. The molecule has 0 saturated carbocycles. The van der Waals surface area contributed by atoms with E-state index >= 15 is 0 Å². The summed E-state index contributed by atoms with van der Waals surface area (Å²) in [5, 5.41) is 0. The second-order valence-corrected chi connectivity index (χ2v) is 1.54. The van der Waals surface area contributed by atoms with E-state index in [2.05, 4.69) is 0 Å². The normalized spacial score (nSPS) is 8.43. The average Bonchev–Trinajstić information content (AvgIpc) is 0.722. The van der Waals surface area contributed by atoms with Crippen LogP contribution in [0.2, 0.25) is 0 Å². The summed E-state index contributed by atoms with van der Waals surface area (Å²) in [5.41, 5.74) is 0. The third kappa shape index (κ3) is 139. The summed E-state index contributed by atoms with van der Waals surface area (Å²) < 4.78 is 8.88. The van der Waals surface area contributed by atoms with Crippen LogP contribution < -0.4 is 0 Å². The third-order valence-electron chi connectivity index (χ3n) is 0. The first-order valence-corrected chi connectivity index (χ1v) is 2.35. The van der Waals surface area contributed by atoms with E-state index in [9.17, 15) is 0 Å². The van der Waals surface area contributed by atoms with Crippen molar-refractivity contribution in [1.29, 1.82) is 0 Å². The van der Waals surface area contributed by atoms with Gasteiger partial charge in [-0.1, -0.05) is 0 Å². The minimum atomic E-state index is -4.64. The van der Waals surface area contributed by atoms with E-state index in [-0.39, 0.29) is 38.0 Å². The Kier molecular flexibility index (Phi) is 11.9. The standard InChI is InChI=1S/BH3.Na.H3O4P.H/c;;1-5(2,3)4;/h1H3;;(H3,1,2,3,4);. The van der Waals surface area contributed by atoms with E-state index < -0.39 is 7.82 Å². The predicted octanol–water partition coefficient (Wildman–Crippen LogP) is -2.76. The van der Waals surface area contributed by atoms with Gasteiger partial charge in [-0.3, -0.25) is 0 Å². The monoisotopic (exact) mass is 136 g/mol. The second-order valence-electron chi connectivity index (χ2n) is 0.513. The molecule has 0 aromatic heterocycles. The van der Waals surface area contributed by atoms with E-state index in [1.165, 1.54) is 0 Å². The number of hydrogen-bond acceptors (Lipinski definition) is 1. The fourth-order valence-corrected chi connectivity index (χ4v) is 0. The molecule has 4 nitrogen and oxygen atoms in total. The van der Waals surface area contributed by atoms with Gasteiger partial charge in [0.2, 0.25) is 0 Å². The molecule has 0 aliphatic heterocycles. The van der Waals surface area contributed by atoms with Gasteiger partial charge in [-0.15, -0.1) is 0 Å². The Morgan fingerprint density at radius 2 is 1.14 bits per heavy atom. The van der Waals surface area contributed by atoms with Crippen LogP contribution in [0.5, 0.6) is 0 Å². The van der Waals surface area contributed by atoms with Gasteiger partial charge in [-0.25, -0.2) is 4.57 Å². The van der Waals surface area contributed by atoms with Crippen LogP contribution in [0, 0.1) is 0 Å². The molecular formula is H7BNaO4P. The van der Waals surface area contributed by atoms with Gasteiger partial charge in [0.1, 0.15) is 0 Å². The molecule has 0 spiro atoms. The zero-order chi connectivity index (χ0) is 4.50. The number of rotatable bonds is 0. The van der Waals surface area contributed by atoms with Crippen molar-refractivity contribution in [3.8, 4) is 0 Å². The minimum absolute atomic E-state index is 0. The molecule has 0 aliphatic rings. The Hall–Kier alpha value is 1.17. The summed E-state index contributed by atoms with van der Waals surface area (Å²) in [5.74, 6) is 0. The summed E-state index contributed by atoms with van der Waals surface area (Å²) >= 11 is 0. The van der Waals surface area contributed by atoms with E-state index in [1.54, 1.807) is 0 Å². The van der Waals surface area contributed by atoms with Crippen LogP contribution in [0.25, 0.3) is 0 Å². The van der Waals surface area contributed by atoms with Gasteiger partial charge in [-0.2, -0.15) is 0 Å². The number of phosphoric acid groups is 1. The molecule has 0 fully saturated rings. The molecule has 0 bridgehead atoms. The molecule has 0 heterocycles. The topological polar surface area (TPSA) is 77.8 Å².